The fraction of sp³-hybridized carbons (Fsp3) is 0.143. The van der Waals surface area contributed by atoms with E-state index in [1.807, 2.05) is 6.92 Å². The highest BCUT2D eigenvalue weighted by Gasteiger charge is 2.15. The van der Waals surface area contributed by atoms with Crippen LogP contribution < -0.4 is 11.2 Å². The molecule has 0 fully saturated rings. The summed E-state index contributed by atoms with van der Waals surface area (Å²) in [7, 11) is 0. The zero-order valence-corrected chi connectivity index (χ0v) is 15.3. The molecule has 0 atom stereocenters. The number of halogens is 2. The van der Waals surface area contributed by atoms with E-state index in [2.05, 4.69) is 25.7 Å². The second-order valence-electron chi connectivity index (χ2n) is 5.08. The van der Waals surface area contributed by atoms with Gasteiger partial charge in [-0.25, -0.2) is 4.68 Å². The highest BCUT2D eigenvalue weighted by atomic mass is 35.5. The lowest BCUT2D eigenvalue weighted by Crippen LogP contribution is -2.16. The molecule has 0 aliphatic carbocycles. The number of nitrogens with one attached hydrogen (secondary N) is 2. The van der Waals surface area contributed by atoms with Crippen molar-refractivity contribution >= 4 is 46.6 Å². The van der Waals surface area contributed by atoms with Crippen LogP contribution >= 0.6 is 35.0 Å². The molecule has 2 heterocycles. The number of carbonyl (C=O) groups is 1. The van der Waals surface area contributed by atoms with Gasteiger partial charge in [-0.15, -0.1) is 10.2 Å². The predicted octanol–water partition coefficient (Wildman–Crippen LogP) is 2.73. The summed E-state index contributed by atoms with van der Waals surface area (Å²) in [6.45, 7) is 1.87. The third kappa shape index (κ3) is 4.06. The van der Waals surface area contributed by atoms with E-state index in [0.29, 0.717) is 32.4 Å². The highest BCUT2D eigenvalue weighted by molar-refractivity contribution is 7.99. The van der Waals surface area contributed by atoms with Crippen LogP contribution in [-0.2, 0) is 4.79 Å². The van der Waals surface area contributed by atoms with Crippen molar-refractivity contribution in [3.63, 3.8) is 0 Å². The van der Waals surface area contributed by atoms with Crippen molar-refractivity contribution in [2.45, 2.75) is 12.1 Å². The molecular formula is C14H13Cl2N7OS. The molecule has 25 heavy (non-hydrogen) atoms. The lowest BCUT2D eigenvalue weighted by molar-refractivity contribution is -0.113. The normalized spacial score (nSPS) is 10.8. The average molecular weight is 398 g/mol. The van der Waals surface area contributed by atoms with E-state index in [4.69, 9.17) is 29.0 Å². The predicted molar refractivity (Wildman–Crippen MR) is 98.3 cm³/mol. The molecule has 0 radical (unpaired) electrons. The Morgan fingerprint density at radius 3 is 2.80 bits per heavy atom. The summed E-state index contributed by atoms with van der Waals surface area (Å²) in [6.07, 6.45) is 0. The average Bonchev–Trinajstić information content (AvgIpc) is 3.15. The second kappa shape index (κ2) is 7.34. The smallest absolute Gasteiger partial charge is 0.234 e. The van der Waals surface area contributed by atoms with Crippen molar-refractivity contribution in [2.75, 3.05) is 16.9 Å². The fourth-order valence-electron chi connectivity index (χ4n) is 1.98. The summed E-state index contributed by atoms with van der Waals surface area (Å²) in [5.74, 6) is 6.26. The largest absolute Gasteiger partial charge is 0.335 e. The summed E-state index contributed by atoms with van der Waals surface area (Å²) < 4.78 is 1.30. The Morgan fingerprint density at radius 2 is 2.12 bits per heavy atom. The minimum Gasteiger partial charge on any atom is -0.335 e. The Labute approximate surface area is 157 Å². The van der Waals surface area contributed by atoms with Gasteiger partial charge in [0, 0.05) is 11.4 Å². The molecule has 0 saturated heterocycles. The number of thioether (sulfide) groups is 1. The number of amides is 1. The van der Waals surface area contributed by atoms with E-state index in [1.165, 1.54) is 4.68 Å². The van der Waals surface area contributed by atoms with Gasteiger partial charge in [0.05, 0.1) is 15.8 Å². The van der Waals surface area contributed by atoms with Gasteiger partial charge < -0.3 is 11.2 Å². The van der Waals surface area contributed by atoms with E-state index in [-0.39, 0.29) is 11.7 Å². The summed E-state index contributed by atoms with van der Waals surface area (Å²) in [6, 6.07) is 6.66. The molecule has 130 valence electrons. The number of H-pyrrole nitrogens is 1. The number of aromatic amines is 1. The summed E-state index contributed by atoms with van der Waals surface area (Å²) in [5, 5.41) is 18.8. The van der Waals surface area contributed by atoms with Gasteiger partial charge in [-0.05, 0) is 31.2 Å². The summed E-state index contributed by atoms with van der Waals surface area (Å²) in [5.41, 5.74) is 2.02. The Balaban J connectivity index is 1.62. The first kappa shape index (κ1) is 17.6. The molecule has 1 amide bonds. The Bertz CT molecular complexity index is 924. The number of rotatable bonds is 5. The van der Waals surface area contributed by atoms with E-state index < -0.39 is 0 Å². The maximum atomic E-state index is 12.0. The first-order valence-electron chi connectivity index (χ1n) is 7.04. The molecule has 3 rings (SSSR count). The molecule has 0 unspecified atom stereocenters. The lowest BCUT2D eigenvalue weighted by atomic mass is 10.3. The molecule has 0 saturated carbocycles. The topological polar surface area (TPSA) is 115 Å². The summed E-state index contributed by atoms with van der Waals surface area (Å²) in [4.78, 5) is 12.0. The van der Waals surface area contributed by atoms with Gasteiger partial charge in [0.15, 0.2) is 0 Å². The van der Waals surface area contributed by atoms with Crippen LogP contribution in [0.3, 0.4) is 0 Å². The zero-order chi connectivity index (χ0) is 18.0. The van der Waals surface area contributed by atoms with E-state index in [1.54, 1.807) is 24.3 Å². The maximum absolute atomic E-state index is 12.0. The minimum absolute atomic E-state index is 0.106. The lowest BCUT2D eigenvalue weighted by Gasteiger charge is -2.06. The summed E-state index contributed by atoms with van der Waals surface area (Å²) >= 11 is 12.9. The molecular weight excluding hydrogens is 385 g/mol. The highest BCUT2D eigenvalue weighted by Crippen LogP contribution is 2.25. The van der Waals surface area contributed by atoms with E-state index >= 15 is 0 Å². The number of aryl methyl sites for hydroxylation is 1. The van der Waals surface area contributed by atoms with Crippen LogP contribution in [0.15, 0.2) is 29.4 Å². The first-order chi connectivity index (χ1) is 11.9. The number of hydrogen-bond donors (Lipinski definition) is 3. The maximum Gasteiger partial charge on any atom is 0.234 e. The fourth-order valence-corrected chi connectivity index (χ4v) is 2.94. The molecule has 1 aromatic carbocycles. The van der Waals surface area contributed by atoms with Crippen molar-refractivity contribution in [3.8, 4) is 11.5 Å². The standard InChI is InChI=1S/C14H13Cl2N7OS/c1-7-4-11(20-19-7)13-21-22-14(23(13)17)25-6-12(24)18-8-2-3-9(15)10(16)5-8/h2-5H,6,17H2,1H3,(H,18,24)(H,19,20). The third-order valence-corrected chi connectivity index (χ3v) is 4.82. The van der Waals surface area contributed by atoms with Crippen LogP contribution in [0.5, 0.6) is 0 Å². The van der Waals surface area contributed by atoms with E-state index in [0.717, 1.165) is 17.5 Å². The molecule has 0 aliphatic rings. The Morgan fingerprint density at radius 1 is 1.32 bits per heavy atom. The number of nitrogens with two attached hydrogens (primary N) is 1. The number of nitrogen functional groups attached to an aromatic ring is 1. The van der Waals surface area contributed by atoms with Crippen LogP contribution in [0, 0.1) is 6.92 Å². The number of aromatic nitrogens is 5. The van der Waals surface area contributed by atoms with Gasteiger partial charge in [0.1, 0.15) is 5.69 Å². The molecule has 4 N–H and O–H groups in total. The molecule has 0 spiro atoms. The van der Waals surface area contributed by atoms with Gasteiger partial charge >= 0.3 is 0 Å². The Hall–Kier alpha value is -2.23. The van der Waals surface area contributed by atoms with Crippen molar-refractivity contribution in [2.24, 2.45) is 0 Å². The number of anilines is 1. The van der Waals surface area contributed by atoms with Crippen molar-refractivity contribution < 1.29 is 4.79 Å². The van der Waals surface area contributed by atoms with Gasteiger partial charge in [-0.1, -0.05) is 35.0 Å². The second-order valence-corrected chi connectivity index (χ2v) is 6.84. The molecule has 2 aromatic heterocycles. The Kier molecular flexibility index (Phi) is 5.16. The van der Waals surface area contributed by atoms with Gasteiger partial charge in [0.25, 0.3) is 0 Å². The van der Waals surface area contributed by atoms with Crippen molar-refractivity contribution in [1.82, 2.24) is 25.1 Å². The van der Waals surface area contributed by atoms with Crippen molar-refractivity contribution in [1.29, 1.82) is 0 Å². The number of carbonyl (C=O) groups excluding carboxylic acids is 1. The third-order valence-electron chi connectivity index (χ3n) is 3.14. The molecule has 0 aliphatic heterocycles. The minimum atomic E-state index is -0.233. The van der Waals surface area contributed by atoms with Crippen LogP contribution in [-0.4, -0.2) is 36.7 Å². The van der Waals surface area contributed by atoms with Gasteiger partial charge in [-0.2, -0.15) is 5.10 Å². The number of hydrogen-bond acceptors (Lipinski definition) is 6. The molecule has 11 heteroatoms. The first-order valence-corrected chi connectivity index (χ1v) is 8.79. The van der Waals surface area contributed by atoms with Gasteiger partial charge in [-0.3, -0.25) is 9.89 Å². The molecule has 0 bridgehead atoms. The number of nitrogens with zero attached hydrogens (tertiary/aromatic N) is 4. The van der Waals surface area contributed by atoms with Gasteiger partial charge in [0.2, 0.25) is 16.9 Å². The number of benzene rings is 1. The molecule has 3 aromatic rings. The van der Waals surface area contributed by atoms with Crippen LogP contribution in [0.25, 0.3) is 11.5 Å². The van der Waals surface area contributed by atoms with E-state index in [9.17, 15) is 4.79 Å². The van der Waals surface area contributed by atoms with Crippen molar-refractivity contribution in [3.05, 3.63) is 40.0 Å². The van der Waals surface area contributed by atoms with Crippen LogP contribution in [0.4, 0.5) is 5.69 Å². The zero-order valence-electron chi connectivity index (χ0n) is 13.0. The SMILES string of the molecule is Cc1cc(-c2nnc(SCC(=O)Nc3ccc(Cl)c(Cl)c3)n2N)n[nH]1. The van der Waals surface area contributed by atoms with Crippen LogP contribution in [0.1, 0.15) is 5.69 Å². The monoisotopic (exact) mass is 397 g/mol. The molecule has 8 nitrogen and oxygen atoms in total. The quantitative estimate of drug-likeness (QED) is 0.450. The van der Waals surface area contributed by atoms with Crippen LogP contribution in [0.2, 0.25) is 10.0 Å².